The Morgan fingerprint density at radius 1 is 1.00 bits per heavy atom. The molecule has 0 saturated carbocycles. The lowest BCUT2D eigenvalue weighted by Gasteiger charge is -2.13. The number of carbonyl (C=O) groups is 2. The summed E-state index contributed by atoms with van der Waals surface area (Å²) in [5, 5.41) is 0. The molecule has 0 radical (unpaired) electrons. The van der Waals surface area contributed by atoms with E-state index in [0.717, 1.165) is 22.3 Å². The summed E-state index contributed by atoms with van der Waals surface area (Å²) >= 11 is 5.22. The Balaban J connectivity index is 1.82. The average Bonchev–Trinajstić information content (AvgIpc) is 2.87. The number of esters is 1. The molecule has 3 rings (SSSR count). The maximum Gasteiger partial charge on any atom is 0.376 e. The van der Waals surface area contributed by atoms with Gasteiger partial charge in [0.1, 0.15) is 6.61 Å². The topological polar surface area (TPSA) is 55.4 Å². The van der Waals surface area contributed by atoms with Gasteiger partial charge in [-0.3, -0.25) is 4.79 Å². The first-order valence-electron chi connectivity index (χ1n) is 6.94. The molecule has 0 aliphatic heterocycles. The van der Waals surface area contributed by atoms with Gasteiger partial charge in [-0.15, -0.1) is 0 Å². The predicted molar refractivity (Wildman–Crippen MR) is 83.5 cm³/mol. The largest absolute Gasteiger partial charge is 0.459 e. The third-order valence-corrected chi connectivity index (χ3v) is 3.93. The number of fused-ring (bicyclic) bond motifs is 3. The Morgan fingerprint density at radius 2 is 1.55 bits per heavy atom. The third kappa shape index (κ3) is 2.63. The Labute approximate surface area is 133 Å². The molecule has 0 heterocycles. The van der Waals surface area contributed by atoms with E-state index in [2.05, 4.69) is 17.0 Å². The quantitative estimate of drug-likeness (QED) is 0.523. The maximum atomic E-state index is 11.6. The number of rotatable bonds is 5. The van der Waals surface area contributed by atoms with Gasteiger partial charge in [0.2, 0.25) is 0 Å². The van der Waals surface area contributed by atoms with Crippen molar-refractivity contribution in [2.45, 2.75) is 5.92 Å². The van der Waals surface area contributed by atoms with Crippen LogP contribution in [0.25, 0.3) is 11.1 Å². The van der Waals surface area contributed by atoms with Crippen LogP contribution in [0.2, 0.25) is 0 Å². The molecule has 0 unspecified atom stereocenters. The SMILES string of the molecule is O=C(CNCl)C(=O)OCC1c2ccccc2-c2ccccc21. The minimum absolute atomic E-state index is 0.0480. The fraction of sp³-hybridized carbons (Fsp3) is 0.176. The van der Waals surface area contributed by atoms with E-state index >= 15 is 0 Å². The van der Waals surface area contributed by atoms with Crippen molar-refractivity contribution in [1.82, 2.24) is 4.84 Å². The molecule has 22 heavy (non-hydrogen) atoms. The van der Waals surface area contributed by atoms with Crippen molar-refractivity contribution in [3.63, 3.8) is 0 Å². The van der Waals surface area contributed by atoms with E-state index in [4.69, 9.17) is 16.5 Å². The summed E-state index contributed by atoms with van der Waals surface area (Å²) in [6.45, 7) is -0.0981. The summed E-state index contributed by atoms with van der Waals surface area (Å²) in [5.41, 5.74) is 4.51. The molecule has 0 amide bonds. The van der Waals surface area contributed by atoms with E-state index in [0.29, 0.717) is 0 Å². The highest BCUT2D eigenvalue weighted by atomic mass is 35.5. The lowest BCUT2D eigenvalue weighted by molar-refractivity contribution is -0.153. The molecular formula is C17H14ClNO3. The van der Waals surface area contributed by atoms with Crippen molar-refractivity contribution in [3.8, 4) is 11.1 Å². The summed E-state index contributed by atoms with van der Waals surface area (Å²) in [7, 11) is 0. The van der Waals surface area contributed by atoms with Crippen molar-refractivity contribution in [1.29, 1.82) is 0 Å². The first-order chi connectivity index (χ1) is 10.7. The Kier molecular flexibility index (Phi) is 4.22. The van der Waals surface area contributed by atoms with Crippen molar-refractivity contribution < 1.29 is 14.3 Å². The number of hydrogen-bond acceptors (Lipinski definition) is 4. The van der Waals surface area contributed by atoms with E-state index in [1.165, 1.54) is 0 Å². The van der Waals surface area contributed by atoms with Crippen molar-refractivity contribution >= 4 is 23.5 Å². The lowest BCUT2D eigenvalue weighted by Crippen LogP contribution is -2.27. The van der Waals surface area contributed by atoms with Gasteiger partial charge in [-0.25, -0.2) is 9.63 Å². The second-order valence-electron chi connectivity index (χ2n) is 5.06. The van der Waals surface area contributed by atoms with Crippen molar-refractivity contribution in [3.05, 3.63) is 59.7 Å². The molecule has 0 bridgehead atoms. The molecule has 1 aliphatic carbocycles. The number of carbonyl (C=O) groups excluding carboxylic acids is 2. The molecule has 0 spiro atoms. The highest BCUT2D eigenvalue weighted by Gasteiger charge is 2.29. The Morgan fingerprint density at radius 3 is 2.09 bits per heavy atom. The Bertz CT molecular complexity index is 684. The molecule has 2 aromatic carbocycles. The molecule has 112 valence electrons. The molecule has 5 heteroatoms. The zero-order chi connectivity index (χ0) is 15.5. The van der Waals surface area contributed by atoms with E-state index < -0.39 is 11.8 Å². The van der Waals surface area contributed by atoms with E-state index in [1.54, 1.807) is 0 Å². The zero-order valence-corrected chi connectivity index (χ0v) is 12.5. The predicted octanol–water partition coefficient (Wildman–Crippen LogP) is 2.65. The van der Waals surface area contributed by atoms with Gasteiger partial charge in [0.15, 0.2) is 0 Å². The monoisotopic (exact) mass is 315 g/mol. The van der Waals surface area contributed by atoms with Gasteiger partial charge in [0.25, 0.3) is 5.78 Å². The van der Waals surface area contributed by atoms with Gasteiger partial charge in [-0.2, -0.15) is 0 Å². The highest BCUT2D eigenvalue weighted by Crippen LogP contribution is 2.44. The van der Waals surface area contributed by atoms with Gasteiger partial charge in [0, 0.05) is 5.92 Å². The smallest absolute Gasteiger partial charge is 0.376 e. The van der Waals surface area contributed by atoms with Gasteiger partial charge in [-0.1, -0.05) is 48.5 Å². The molecule has 1 aliphatic rings. The number of ketones is 1. The van der Waals surface area contributed by atoms with Crippen LogP contribution in [0.15, 0.2) is 48.5 Å². The van der Waals surface area contributed by atoms with Crippen molar-refractivity contribution in [2.24, 2.45) is 0 Å². The van der Waals surface area contributed by atoms with Crippen LogP contribution in [0, 0.1) is 0 Å². The summed E-state index contributed by atoms with van der Waals surface area (Å²) in [4.78, 5) is 25.2. The highest BCUT2D eigenvalue weighted by molar-refractivity contribution is 6.35. The summed E-state index contributed by atoms with van der Waals surface area (Å²) in [6, 6.07) is 16.0. The van der Waals surface area contributed by atoms with Gasteiger partial charge in [-0.05, 0) is 34.0 Å². The number of ether oxygens (including phenoxy) is 1. The van der Waals surface area contributed by atoms with Gasteiger partial charge in [0.05, 0.1) is 6.54 Å². The fourth-order valence-corrected chi connectivity index (χ4v) is 2.93. The fourth-order valence-electron chi connectivity index (χ4n) is 2.81. The molecule has 0 atom stereocenters. The maximum absolute atomic E-state index is 11.6. The van der Waals surface area contributed by atoms with Crippen LogP contribution in [0.1, 0.15) is 17.0 Å². The third-order valence-electron chi connectivity index (χ3n) is 3.80. The minimum atomic E-state index is -0.866. The van der Waals surface area contributed by atoms with E-state index in [-0.39, 0.29) is 19.1 Å². The molecule has 0 saturated heterocycles. The van der Waals surface area contributed by atoms with Crippen LogP contribution in [0.5, 0.6) is 0 Å². The Hall–Kier alpha value is -2.17. The molecule has 1 N–H and O–H groups in total. The summed E-state index contributed by atoms with van der Waals surface area (Å²) < 4.78 is 5.17. The van der Waals surface area contributed by atoms with Crippen LogP contribution in [0.4, 0.5) is 0 Å². The second-order valence-corrected chi connectivity index (χ2v) is 5.33. The van der Waals surface area contributed by atoms with Gasteiger partial charge >= 0.3 is 5.97 Å². The van der Waals surface area contributed by atoms with Crippen molar-refractivity contribution in [2.75, 3.05) is 13.2 Å². The van der Waals surface area contributed by atoms with Crippen LogP contribution >= 0.6 is 11.8 Å². The molecule has 2 aromatic rings. The first-order valence-corrected chi connectivity index (χ1v) is 7.32. The van der Waals surface area contributed by atoms with Crippen LogP contribution in [0.3, 0.4) is 0 Å². The average molecular weight is 316 g/mol. The number of hydrogen-bond donors (Lipinski definition) is 1. The molecule has 0 fully saturated rings. The normalized spacial score (nSPS) is 12.6. The van der Waals surface area contributed by atoms with Crippen LogP contribution in [-0.4, -0.2) is 24.9 Å². The first kappa shape index (κ1) is 14.8. The molecular weight excluding hydrogens is 302 g/mol. The zero-order valence-electron chi connectivity index (χ0n) is 11.7. The number of nitrogens with one attached hydrogen (secondary N) is 1. The minimum Gasteiger partial charge on any atom is -0.459 e. The van der Waals surface area contributed by atoms with E-state index in [9.17, 15) is 9.59 Å². The number of Topliss-reactive ketones (excluding diaryl/α,β-unsaturated/α-hetero) is 1. The van der Waals surface area contributed by atoms with Crippen LogP contribution < -0.4 is 4.84 Å². The molecule has 0 aromatic heterocycles. The lowest BCUT2D eigenvalue weighted by atomic mass is 9.98. The number of benzene rings is 2. The standard InChI is InChI=1S/C17H14ClNO3/c18-19-9-16(20)17(21)22-10-15-13-7-3-1-5-11(13)12-6-2-4-8-14(12)15/h1-8,15,19H,9-10H2. The molecule has 4 nitrogen and oxygen atoms in total. The van der Waals surface area contributed by atoms with Crippen LogP contribution in [-0.2, 0) is 14.3 Å². The second kappa shape index (κ2) is 6.30. The summed E-state index contributed by atoms with van der Waals surface area (Å²) in [5.74, 6) is -1.60. The van der Waals surface area contributed by atoms with Gasteiger partial charge < -0.3 is 4.74 Å². The summed E-state index contributed by atoms with van der Waals surface area (Å²) in [6.07, 6.45) is 0. The number of halogens is 1. The van der Waals surface area contributed by atoms with E-state index in [1.807, 2.05) is 36.4 Å².